The van der Waals surface area contributed by atoms with E-state index in [1.54, 1.807) is 12.1 Å². The van der Waals surface area contributed by atoms with Crippen LogP contribution in [0.2, 0.25) is 0 Å². The Bertz CT molecular complexity index is 705. The molecule has 1 atom stereocenters. The Balaban J connectivity index is 1.98. The van der Waals surface area contributed by atoms with Gasteiger partial charge in [0.15, 0.2) is 0 Å². The van der Waals surface area contributed by atoms with Crippen molar-refractivity contribution in [3.05, 3.63) is 23.3 Å². The van der Waals surface area contributed by atoms with Crippen LogP contribution in [0.15, 0.2) is 12.1 Å². The molecule has 1 unspecified atom stereocenters. The van der Waals surface area contributed by atoms with Crippen molar-refractivity contribution in [1.82, 2.24) is 9.80 Å². The van der Waals surface area contributed by atoms with Crippen molar-refractivity contribution in [3.63, 3.8) is 0 Å². The third-order valence-electron chi connectivity index (χ3n) is 4.42. The second-order valence-electron chi connectivity index (χ2n) is 5.83. The van der Waals surface area contributed by atoms with Crippen molar-refractivity contribution in [3.8, 4) is 5.75 Å². The van der Waals surface area contributed by atoms with E-state index in [0.29, 0.717) is 34.9 Å². The molecule has 1 saturated heterocycles. The first-order valence-electron chi connectivity index (χ1n) is 7.34. The highest BCUT2D eigenvalue weighted by atomic mass is 19.4. The fourth-order valence-electron chi connectivity index (χ4n) is 3.28. The molecule has 2 amide bonds. The van der Waals surface area contributed by atoms with Gasteiger partial charge in [0.05, 0.1) is 18.8 Å². The summed E-state index contributed by atoms with van der Waals surface area (Å²) >= 11 is 0. The summed E-state index contributed by atoms with van der Waals surface area (Å²) in [4.78, 5) is 25.8. The number of fused-ring (bicyclic) bond motifs is 3. The molecule has 0 aliphatic carbocycles. The van der Waals surface area contributed by atoms with Gasteiger partial charge in [-0.2, -0.15) is 13.2 Å². The number of hydrogen-bond acceptors (Lipinski definition) is 4. The third-order valence-corrected chi connectivity index (χ3v) is 4.42. The molecule has 1 aromatic carbocycles. The molecule has 1 fully saturated rings. The highest BCUT2D eigenvalue weighted by molar-refractivity contribution is 5.89. The molecular weight excluding hydrogens is 327 g/mol. The number of benzene rings is 1. The number of rotatable bonds is 1. The largest absolute Gasteiger partial charge is 0.495 e. The lowest BCUT2D eigenvalue weighted by Crippen LogP contribution is -2.57. The molecule has 1 aromatic rings. The molecule has 2 N–H and O–H groups in total. The maximum Gasteiger partial charge on any atom is 0.471 e. The number of methoxy groups -OCH3 is 1. The number of alkyl halides is 3. The number of ether oxygens (including phenoxy) is 1. The normalized spacial score (nSPS) is 20.5. The second kappa shape index (κ2) is 5.57. The average Bonchev–Trinajstić information content (AvgIpc) is 2.52. The highest BCUT2D eigenvalue weighted by Gasteiger charge is 2.47. The summed E-state index contributed by atoms with van der Waals surface area (Å²) in [5.41, 5.74) is 7.81. The quantitative estimate of drug-likeness (QED) is 0.775. The van der Waals surface area contributed by atoms with E-state index in [-0.39, 0.29) is 6.54 Å². The monoisotopic (exact) mass is 343 g/mol. The topological polar surface area (TPSA) is 75.9 Å². The van der Waals surface area contributed by atoms with E-state index >= 15 is 0 Å². The third kappa shape index (κ3) is 2.63. The Morgan fingerprint density at radius 1 is 1.38 bits per heavy atom. The maximum atomic E-state index is 12.7. The fraction of sp³-hybridized carbons (Fsp3) is 0.467. The van der Waals surface area contributed by atoms with Gasteiger partial charge >= 0.3 is 12.1 Å². The first-order valence-corrected chi connectivity index (χ1v) is 7.34. The van der Waals surface area contributed by atoms with E-state index in [9.17, 15) is 22.8 Å². The standard InChI is InChI=1S/C15H16F3N3O3/c1-24-12-5-9-8(4-10(12)19)2-3-21-11(9)6-20(7-13(21)22)14(23)15(16,17)18/h4-5,11H,2-3,6-7,19H2,1H3. The molecule has 3 rings (SSSR count). The molecule has 24 heavy (non-hydrogen) atoms. The van der Waals surface area contributed by atoms with Gasteiger partial charge < -0.3 is 20.3 Å². The van der Waals surface area contributed by atoms with Crippen LogP contribution >= 0.6 is 0 Å². The number of halogens is 3. The van der Waals surface area contributed by atoms with Gasteiger partial charge in [0.2, 0.25) is 5.91 Å². The van der Waals surface area contributed by atoms with Gasteiger partial charge in [-0.3, -0.25) is 9.59 Å². The lowest BCUT2D eigenvalue weighted by molar-refractivity contribution is -0.189. The van der Waals surface area contributed by atoms with Gasteiger partial charge in [0, 0.05) is 13.1 Å². The van der Waals surface area contributed by atoms with Crippen molar-refractivity contribution in [2.45, 2.75) is 18.6 Å². The van der Waals surface area contributed by atoms with Crippen LogP contribution in [-0.2, 0) is 16.0 Å². The first-order chi connectivity index (χ1) is 11.2. The second-order valence-corrected chi connectivity index (χ2v) is 5.83. The van der Waals surface area contributed by atoms with Gasteiger partial charge in [-0.25, -0.2) is 0 Å². The molecule has 2 aliphatic rings. The SMILES string of the molecule is COc1cc2c(cc1N)CCN1C(=O)CN(C(=O)C(F)(F)F)CC21. The van der Waals surface area contributed by atoms with Crippen LogP contribution in [0.3, 0.4) is 0 Å². The van der Waals surface area contributed by atoms with Gasteiger partial charge in [-0.15, -0.1) is 0 Å². The van der Waals surface area contributed by atoms with E-state index in [0.717, 1.165) is 5.56 Å². The summed E-state index contributed by atoms with van der Waals surface area (Å²) in [5, 5.41) is 0. The predicted octanol–water partition coefficient (Wildman–Crippen LogP) is 1.11. The summed E-state index contributed by atoms with van der Waals surface area (Å²) in [7, 11) is 1.43. The number of carbonyl (C=O) groups excluding carboxylic acids is 2. The summed E-state index contributed by atoms with van der Waals surface area (Å²) in [6, 6.07) is 2.72. The van der Waals surface area contributed by atoms with E-state index in [4.69, 9.17) is 10.5 Å². The van der Waals surface area contributed by atoms with Crippen LogP contribution in [0.5, 0.6) is 5.75 Å². The van der Waals surface area contributed by atoms with Crippen LogP contribution in [0.25, 0.3) is 0 Å². The minimum Gasteiger partial charge on any atom is -0.495 e. The van der Waals surface area contributed by atoms with E-state index < -0.39 is 30.6 Å². The lowest BCUT2D eigenvalue weighted by Gasteiger charge is -2.44. The number of nitrogen functional groups attached to an aromatic ring is 1. The number of anilines is 1. The summed E-state index contributed by atoms with van der Waals surface area (Å²) in [6.45, 7) is -0.378. The van der Waals surface area contributed by atoms with Crippen LogP contribution < -0.4 is 10.5 Å². The van der Waals surface area contributed by atoms with Gasteiger partial charge in [-0.05, 0) is 29.7 Å². The molecule has 0 bridgehead atoms. The predicted molar refractivity (Wildman–Crippen MR) is 78.2 cm³/mol. The van der Waals surface area contributed by atoms with Crippen molar-refractivity contribution < 1.29 is 27.5 Å². The number of carbonyl (C=O) groups is 2. The molecule has 0 radical (unpaired) electrons. The molecule has 2 aliphatic heterocycles. The number of piperazine rings is 1. The molecule has 130 valence electrons. The average molecular weight is 343 g/mol. The minimum atomic E-state index is -5.00. The molecule has 0 spiro atoms. The highest BCUT2D eigenvalue weighted by Crippen LogP contribution is 2.38. The summed E-state index contributed by atoms with van der Waals surface area (Å²) < 4.78 is 43.3. The zero-order chi connectivity index (χ0) is 17.6. The van der Waals surface area contributed by atoms with Crippen molar-refractivity contribution in [2.75, 3.05) is 32.5 Å². The van der Waals surface area contributed by atoms with Crippen LogP contribution in [-0.4, -0.2) is 54.5 Å². The van der Waals surface area contributed by atoms with E-state index in [1.807, 2.05) is 0 Å². The van der Waals surface area contributed by atoms with Crippen LogP contribution in [0.1, 0.15) is 17.2 Å². The van der Waals surface area contributed by atoms with Crippen molar-refractivity contribution in [2.24, 2.45) is 0 Å². The van der Waals surface area contributed by atoms with Gasteiger partial charge in [0.1, 0.15) is 12.3 Å². The van der Waals surface area contributed by atoms with E-state index in [1.165, 1.54) is 12.0 Å². The Hall–Kier alpha value is -2.45. The van der Waals surface area contributed by atoms with Crippen LogP contribution in [0, 0.1) is 0 Å². The molecule has 0 saturated carbocycles. The first kappa shape index (κ1) is 16.4. The number of nitrogens with two attached hydrogens (primary N) is 1. The Kier molecular flexibility index (Phi) is 3.81. The maximum absolute atomic E-state index is 12.7. The van der Waals surface area contributed by atoms with Crippen molar-refractivity contribution in [1.29, 1.82) is 0 Å². The number of amides is 2. The van der Waals surface area contributed by atoms with Gasteiger partial charge in [0.25, 0.3) is 0 Å². The van der Waals surface area contributed by atoms with Crippen LogP contribution in [0.4, 0.5) is 18.9 Å². The van der Waals surface area contributed by atoms with Crippen molar-refractivity contribution >= 4 is 17.5 Å². The molecular formula is C15H16F3N3O3. The lowest BCUT2D eigenvalue weighted by atomic mass is 9.90. The smallest absolute Gasteiger partial charge is 0.471 e. The Labute approximate surface area is 135 Å². The molecule has 2 heterocycles. The Morgan fingerprint density at radius 2 is 2.08 bits per heavy atom. The summed E-state index contributed by atoms with van der Waals surface area (Å²) in [6.07, 6.45) is -4.45. The summed E-state index contributed by atoms with van der Waals surface area (Å²) in [5.74, 6) is -2.10. The zero-order valence-corrected chi connectivity index (χ0v) is 12.9. The number of nitrogens with zero attached hydrogens (tertiary/aromatic N) is 2. The number of hydrogen-bond donors (Lipinski definition) is 1. The molecule has 9 heteroatoms. The minimum absolute atomic E-state index is 0.204. The van der Waals surface area contributed by atoms with Gasteiger partial charge in [-0.1, -0.05) is 0 Å². The zero-order valence-electron chi connectivity index (χ0n) is 12.9. The fourth-order valence-corrected chi connectivity index (χ4v) is 3.28. The Morgan fingerprint density at radius 3 is 2.71 bits per heavy atom. The molecule has 0 aromatic heterocycles. The molecule has 6 nitrogen and oxygen atoms in total. The van der Waals surface area contributed by atoms with E-state index in [2.05, 4.69) is 0 Å².